The largest absolute Gasteiger partial charge is 0.487 e. The molecule has 3 heterocycles. The maximum Gasteiger partial charge on any atom is 0.187 e. The van der Waals surface area contributed by atoms with E-state index in [0.29, 0.717) is 22.2 Å². The molecule has 3 aromatic heterocycles. The van der Waals surface area contributed by atoms with Gasteiger partial charge in [-0.2, -0.15) is 0 Å². The molecule has 5 aromatic rings. The van der Waals surface area contributed by atoms with E-state index in [-0.39, 0.29) is 12.4 Å². The first-order chi connectivity index (χ1) is 14.7. The van der Waals surface area contributed by atoms with Crippen molar-refractivity contribution < 1.29 is 9.13 Å². The van der Waals surface area contributed by atoms with Crippen molar-refractivity contribution in [2.45, 2.75) is 6.61 Å². The van der Waals surface area contributed by atoms with Gasteiger partial charge in [-0.3, -0.25) is 0 Å². The van der Waals surface area contributed by atoms with Gasteiger partial charge < -0.3 is 10.1 Å². The average Bonchev–Trinajstić information content (AvgIpc) is 3.13. The molecule has 0 spiro atoms. The Balaban J connectivity index is 1.40. The molecule has 2 aromatic carbocycles. The highest BCUT2D eigenvalue weighted by atomic mass is 35.5. The first kappa shape index (κ1) is 18.3. The molecule has 0 fully saturated rings. The normalized spacial score (nSPS) is 11.1. The minimum absolute atomic E-state index is 0.221. The second kappa shape index (κ2) is 7.61. The van der Waals surface area contributed by atoms with Crippen LogP contribution >= 0.6 is 11.6 Å². The summed E-state index contributed by atoms with van der Waals surface area (Å²) >= 11 is 6.40. The van der Waals surface area contributed by atoms with Crippen molar-refractivity contribution in [3.63, 3.8) is 0 Å². The van der Waals surface area contributed by atoms with Gasteiger partial charge in [-0.1, -0.05) is 29.8 Å². The minimum Gasteiger partial charge on any atom is -0.487 e. The number of fused-ring (bicyclic) bond motifs is 3. The van der Waals surface area contributed by atoms with Gasteiger partial charge in [0.25, 0.3) is 0 Å². The highest BCUT2D eigenvalue weighted by Gasteiger charge is 2.12. The van der Waals surface area contributed by atoms with Crippen molar-refractivity contribution in [3.05, 3.63) is 89.6 Å². The molecule has 0 atom stereocenters. The lowest BCUT2D eigenvalue weighted by atomic mass is 10.2. The number of nitrogens with zero attached hydrogens (tertiary/aromatic N) is 4. The van der Waals surface area contributed by atoms with Crippen LogP contribution in [0, 0.1) is 5.82 Å². The van der Waals surface area contributed by atoms with Gasteiger partial charge in [-0.05, 0) is 48.0 Å². The van der Waals surface area contributed by atoms with Gasteiger partial charge >= 0.3 is 0 Å². The number of benzene rings is 2. The van der Waals surface area contributed by atoms with Crippen LogP contribution in [0.15, 0.2) is 73.2 Å². The molecule has 5 rings (SSSR count). The topological polar surface area (TPSA) is 64.3 Å². The number of hydrogen-bond acceptors (Lipinski definition) is 5. The molecule has 148 valence electrons. The molecule has 0 saturated carbocycles. The highest BCUT2D eigenvalue weighted by molar-refractivity contribution is 6.32. The standard InChI is InChI=1S/C22H15ClFN5O/c23-17-11-16(7-8-19(17)30-12-14-4-3-5-15(24)10-14)27-21-20-18-6-1-2-9-29(18)28-22(20)26-13-25-21/h1-11,13H,12H2,(H,25,26,27,28). The summed E-state index contributed by atoms with van der Waals surface area (Å²) in [5.74, 6) is 0.839. The van der Waals surface area contributed by atoms with Crippen LogP contribution in [0.4, 0.5) is 15.9 Å². The second-order valence-corrected chi connectivity index (χ2v) is 7.05. The third kappa shape index (κ3) is 3.51. The van der Waals surface area contributed by atoms with Crippen LogP contribution in [0.25, 0.3) is 16.6 Å². The van der Waals surface area contributed by atoms with Crippen molar-refractivity contribution in [2.24, 2.45) is 0 Å². The van der Waals surface area contributed by atoms with Crippen molar-refractivity contribution in [3.8, 4) is 5.75 Å². The third-order valence-corrected chi connectivity index (χ3v) is 4.90. The number of ether oxygens (including phenoxy) is 1. The molecule has 6 nitrogen and oxygen atoms in total. The molecule has 0 aliphatic heterocycles. The molecule has 8 heteroatoms. The zero-order chi connectivity index (χ0) is 20.5. The van der Waals surface area contributed by atoms with Crippen LogP contribution in [0.1, 0.15) is 5.56 Å². The van der Waals surface area contributed by atoms with Crippen molar-refractivity contribution in [2.75, 3.05) is 5.32 Å². The Morgan fingerprint density at radius 2 is 1.97 bits per heavy atom. The fourth-order valence-corrected chi connectivity index (χ4v) is 3.46. The SMILES string of the molecule is Fc1cccc(COc2ccc(Nc3ncnc4nn5ccccc5c34)cc2Cl)c1. The zero-order valence-corrected chi connectivity index (χ0v) is 16.3. The van der Waals surface area contributed by atoms with E-state index >= 15 is 0 Å². The van der Waals surface area contributed by atoms with Gasteiger partial charge in [0, 0.05) is 11.9 Å². The van der Waals surface area contributed by atoms with Gasteiger partial charge in [-0.25, -0.2) is 18.9 Å². The Labute approximate surface area is 175 Å². The lowest BCUT2D eigenvalue weighted by Gasteiger charge is -2.11. The number of pyridine rings is 1. The first-order valence-electron chi connectivity index (χ1n) is 9.19. The summed E-state index contributed by atoms with van der Waals surface area (Å²) in [7, 11) is 0. The Kier molecular flexibility index (Phi) is 4.65. The van der Waals surface area contributed by atoms with E-state index < -0.39 is 0 Å². The molecule has 0 aliphatic rings. The maximum atomic E-state index is 13.3. The molecule has 0 bridgehead atoms. The molecule has 0 saturated heterocycles. The van der Waals surface area contributed by atoms with Crippen LogP contribution < -0.4 is 10.1 Å². The highest BCUT2D eigenvalue weighted by Crippen LogP contribution is 2.32. The maximum absolute atomic E-state index is 13.3. The van der Waals surface area contributed by atoms with E-state index in [1.807, 2.05) is 30.5 Å². The zero-order valence-electron chi connectivity index (χ0n) is 15.6. The lowest BCUT2D eigenvalue weighted by molar-refractivity contribution is 0.306. The number of nitrogens with one attached hydrogen (secondary N) is 1. The fourth-order valence-electron chi connectivity index (χ4n) is 3.22. The monoisotopic (exact) mass is 419 g/mol. The van der Waals surface area contributed by atoms with Crippen LogP contribution in [0.3, 0.4) is 0 Å². The summed E-state index contributed by atoms with van der Waals surface area (Å²) in [6.45, 7) is 0.221. The van der Waals surface area contributed by atoms with Crippen molar-refractivity contribution in [1.29, 1.82) is 0 Å². The smallest absolute Gasteiger partial charge is 0.187 e. The molecule has 0 amide bonds. The first-order valence-corrected chi connectivity index (χ1v) is 9.57. The predicted octanol–water partition coefficient (Wildman–Crippen LogP) is 5.39. The average molecular weight is 420 g/mol. The summed E-state index contributed by atoms with van der Waals surface area (Å²) in [4.78, 5) is 8.63. The molecule has 30 heavy (non-hydrogen) atoms. The molecule has 0 aliphatic carbocycles. The Morgan fingerprint density at radius 1 is 1.03 bits per heavy atom. The van der Waals surface area contributed by atoms with Crippen molar-refractivity contribution >= 4 is 39.7 Å². The quantitative estimate of drug-likeness (QED) is 0.413. The van der Waals surface area contributed by atoms with Gasteiger partial charge in [0.15, 0.2) is 5.65 Å². The molecular weight excluding hydrogens is 405 g/mol. The van der Waals surface area contributed by atoms with E-state index in [0.717, 1.165) is 22.2 Å². The molecule has 0 radical (unpaired) electrons. The number of anilines is 2. The van der Waals surface area contributed by atoms with Gasteiger partial charge in [-0.15, -0.1) is 5.10 Å². The summed E-state index contributed by atoms with van der Waals surface area (Å²) < 4.78 is 20.8. The van der Waals surface area contributed by atoms with Crippen LogP contribution in [0.2, 0.25) is 5.02 Å². The fraction of sp³-hybridized carbons (Fsp3) is 0.0455. The van der Waals surface area contributed by atoms with Crippen LogP contribution in [0.5, 0.6) is 5.75 Å². The molecular formula is C22H15ClFN5O. The van der Waals surface area contributed by atoms with E-state index in [1.165, 1.54) is 18.5 Å². The van der Waals surface area contributed by atoms with Crippen LogP contribution in [-0.4, -0.2) is 19.6 Å². The van der Waals surface area contributed by atoms with Gasteiger partial charge in [0.1, 0.15) is 30.3 Å². The van der Waals surface area contributed by atoms with E-state index in [4.69, 9.17) is 16.3 Å². The van der Waals surface area contributed by atoms with Gasteiger partial charge in [0.05, 0.1) is 15.9 Å². The number of halogens is 2. The number of hydrogen-bond donors (Lipinski definition) is 1. The molecule has 1 N–H and O–H groups in total. The number of aromatic nitrogens is 4. The lowest BCUT2D eigenvalue weighted by Crippen LogP contribution is -1.98. The Morgan fingerprint density at radius 3 is 2.83 bits per heavy atom. The second-order valence-electron chi connectivity index (χ2n) is 6.64. The van der Waals surface area contributed by atoms with Crippen LogP contribution in [-0.2, 0) is 6.61 Å². The summed E-state index contributed by atoms with van der Waals surface area (Å²) in [6.07, 6.45) is 3.33. The summed E-state index contributed by atoms with van der Waals surface area (Å²) in [5.41, 5.74) is 2.97. The van der Waals surface area contributed by atoms with Crippen molar-refractivity contribution in [1.82, 2.24) is 19.6 Å². The summed E-state index contributed by atoms with van der Waals surface area (Å²) in [5, 5.41) is 8.99. The van der Waals surface area contributed by atoms with E-state index in [1.54, 1.807) is 28.8 Å². The summed E-state index contributed by atoms with van der Waals surface area (Å²) in [6, 6.07) is 17.4. The van der Waals surface area contributed by atoms with E-state index in [9.17, 15) is 4.39 Å². The predicted molar refractivity (Wildman–Crippen MR) is 114 cm³/mol. The Bertz CT molecular complexity index is 1370. The third-order valence-electron chi connectivity index (χ3n) is 4.60. The molecule has 0 unspecified atom stereocenters. The Hall–Kier alpha value is -3.71. The van der Waals surface area contributed by atoms with E-state index in [2.05, 4.69) is 20.4 Å². The van der Waals surface area contributed by atoms with Gasteiger partial charge in [0.2, 0.25) is 0 Å². The minimum atomic E-state index is -0.300. The number of rotatable bonds is 5.